The van der Waals surface area contributed by atoms with Crippen LogP contribution in [0.2, 0.25) is 0 Å². The van der Waals surface area contributed by atoms with Gasteiger partial charge in [0.15, 0.2) is 0 Å². The van der Waals surface area contributed by atoms with Crippen LogP contribution in [0.3, 0.4) is 0 Å². The Balaban J connectivity index is 1.46. The Labute approximate surface area is 299 Å². The van der Waals surface area contributed by atoms with Crippen molar-refractivity contribution in [3.63, 3.8) is 0 Å². The van der Waals surface area contributed by atoms with Crippen LogP contribution >= 0.6 is 11.6 Å². The van der Waals surface area contributed by atoms with Gasteiger partial charge in [0.25, 0.3) is 5.24 Å². The van der Waals surface area contributed by atoms with Crippen molar-refractivity contribution < 1.29 is 4.79 Å². The van der Waals surface area contributed by atoms with E-state index in [0.717, 1.165) is 89.4 Å². The average molecular weight is 677 g/mol. The predicted octanol–water partition coefficient (Wildman–Crippen LogP) is 11.7. The van der Waals surface area contributed by atoms with Crippen LogP contribution in [-0.2, 0) is 0 Å². The molecule has 0 atom stereocenters. The van der Waals surface area contributed by atoms with Crippen molar-refractivity contribution in [3.8, 4) is 44.5 Å². The number of carbonyl (C=O) groups excluding carboxylic acids is 1. The van der Waals surface area contributed by atoms with E-state index in [9.17, 15) is 4.79 Å². The van der Waals surface area contributed by atoms with Gasteiger partial charge in [-0.1, -0.05) is 103 Å². The second kappa shape index (κ2) is 12.7. The molecular formula is C45H29ClN4O. The number of aromatic nitrogens is 4. The van der Waals surface area contributed by atoms with Gasteiger partial charge in [-0.3, -0.25) is 4.79 Å². The smallest absolute Gasteiger partial charge is 0.252 e. The van der Waals surface area contributed by atoms with Crippen molar-refractivity contribution in [3.05, 3.63) is 168 Å². The molecule has 7 aromatic rings. The van der Waals surface area contributed by atoms with Gasteiger partial charge < -0.3 is 9.97 Å². The molecule has 3 aromatic heterocycles. The molecule has 0 amide bonds. The van der Waals surface area contributed by atoms with Crippen LogP contribution in [0.25, 0.3) is 90.9 Å². The standard InChI is InChI=1S/C45H29ClN4O/c46-45(51)32-18-16-31(17-19-32)44-39-26-24-37(49-39)42(29-12-6-2-7-13-29)35-22-20-33(47-35)41(28-10-4-1-5-11-28)34-21-23-36(48-34)43(30-14-8-3-9-15-30)38-25-27-40(44)50-38/h1-27,47,50H. The highest BCUT2D eigenvalue weighted by molar-refractivity contribution is 6.67. The van der Waals surface area contributed by atoms with Gasteiger partial charge in [0.2, 0.25) is 0 Å². The zero-order chi connectivity index (χ0) is 34.3. The highest BCUT2D eigenvalue weighted by atomic mass is 35.5. The van der Waals surface area contributed by atoms with Gasteiger partial charge in [-0.05, 0) is 94.6 Å². The minimum Gasteiger partial charge on any atom is -0.354 e. The summed E-state index contributed by atoms with van der Waals surface area (Å²) in [7, 11) is 0. The summed E-state index contributed by atoms with van der Waals surface area (Å²) in [5, 5.41) is -0.496. The van der Waals surface area contributed by atoms with Gasteiger partial charge in [-0.15, -0.1) is 0 Å². The fourth-order valence-electron chi connectivity index (χ4n) is 7.00. The Morgan fingerprint density at radius 2 is 0.686 bits per heavy atom. The van der Waals surface area contributed by atoms with E-state index in [-0.39, 0.29) is 0 Å². The molecule has 242 valence electrons. The molecule has 0 fully saturated rings. The minimum atomic E-state index is -0.496. The average Bonchev–Trinajstić information content (AvgIpc) is 4.01. The minimum absolute atomic E-state index is 0.434. The Kier molecular flexibility index (Phi) is 7.60. The van der Waals surface area contributed by atoms with E-state index in [1.54, 1.807) is 12.1 Å². The number of H-pyrrole nitrogens is 2. The second-order valence-corrected chi connectivity index (χ2v) is 12.8. The van der Waals surface area contributed by atoms with E-state index < -0.39 is 5.24 Å². The first kappa shape index (κ1) is 30.5. The van der Waals surface area contributed by atoms with Crippen LogP contribution in [0.4, 0.5) is 0 Å². The van der Waals surface area contributed by atoms with E-state index in [1.165, 1.54) is 0 Å². The quantitative estimate of drug-likeness (QED) is 0.178. The summed E-state index contributed by atoms with van der Waals surface area (Å²) >= 11 is 5.84. The Bertz CT molecular complexity index is 2650. The normalized spacial score (nSPS) is 11.9. The third kappa shape index (κ3) is 5.60. The molecule has 9 rings (SSSR count). The first-order valence-electron chi connectivity index (χ1n) is 16.7. The lowest BCUT2D eigenvalue weighted by Gasteiger charge is -2.07. The molecule has 4 aromatic carbocycles. The number of halogens is 1. The molecule has 2 aliphatic rings. The largest absolute Gasteiger partial charge is 0.354 e. The summed E-state index contributed by atoms with van der Waals surface area (Å²) in [6.45, 7) is 0. The number of nitrogens with one attached hydrogen (secondary N) is 2. The fraction of sp³-hybridized carbons (Fsp3) is 0. The monoisotopic (exact) mass is 676 g/mol. The van der Waals surface area contributed by atoms with E-state index in [1.807, 2.05) is 54.6 Å². The highest BCUT2D eigenvalue weighted by Gasteiger charge is 2.19. The first-order chi connectivity index (χ1) is 25.1. The molecule has 5 nitrogen and oxygen atoms in total. The van der Waals surface area contributed by atoms with Gasteiger partial charge in [-0.25, -0.2) is 9.97 Å². The lowest BCUT2D eigenvalue weighted by molar-refractivity contribution is 0.108. The summed E-state index contributed by atoms with van der Waals surface area (Å²) in [6.07, 6.45) is 8.34. The third-order valence-corrected chi connectivity index (χ3v) is 9.56. The van der Waals surface area contributed by atoms with Crippen LogP contribution < -0.4 is 0 Å². The number of rotatable bonds is 5. The van der Waals surface area contributed by atoms with Crippen LogP contribution in [0.5, 0.6) is 0 Å². The molecule has 0 saturated carbocycles. The zero-order valence-corrected chi connectivity index (χ0v) is 28.0. The Morgan fingerprint density at radius 1 is 0.392 bits per heavy atom. The molecule has 2 aliphatic heterocycles. The predicted molar refractivity (Wildman–Crippen MR) is 211 cm³/mol. The Morgan fingerprint density at radius 3 is 0.980 bits per heavy atom. The van der Waals surface area contributed by atoms with Crippen molar-refractivity contribution in [1.29, 1.82) is 0 Å². The lowest BCUT2D eigenvalue weighted by Crippen LogP contribution is -1.91. The van der Waals surface area contributed by atoms with E-state index in [2.05, 4.69) is 107 Å². The molecule has 51 heavy (non-hydrogen) atoms. The topological polar surface area (TPSA) is 74.4 Å². The van der Waals surface area contributed by atoms with Crippen LogP contribution in [-0.4, -0.2) is 25.2 Å². The molecule has 0 saturated heterocycles. The molecular weight excluding hydrogens is 648 g/mol. The van der Waals surface area contributed by atoms with Gasteiger partial charge in [0.05, 0.1) is 22.8 Å². The van der Waals surface area contributed by atoms with Gasteiger partial charge >= 0.3 is 0 Å². The highest BCUT2D eigenvalue weighted by Crippen LogP contribution is 2.38. The zero-order valence-electron chi connectivity index (χ0n) is 27.3. The van der Waals surface area contributed by atoms with Crippen LogP contribution in [0.15, 0.2) is 140 Å². The molecule has 0 spiro atoms. The van der Waals surface area contributed by atoms with E-state index >= 15 is 0 Å². The maximum Gasteiger partial charge on any atom is 0.252 e. The van der Waals surface area contributed by atoms with Gasteiger partial charge in [-0.2, -0.15) is 0 Å². The molecule has 2 N–H and O–H groups in total. The van der Waals surface area contributed by atoms with Gasteiger partial charge in [0.1, 0.15) is 0 Å². The number of hydrogen-bond acceptors (Lipinski definition) is 3. The maximum absolute atomic E-state index is 12.0. The second-order valence-electron chi connectivity index (χ2n) is 12.5. The summed E-state index contributed by atoms with van der Waals surface area (Å²) in [6, 6.07) is 46.9. The molecule has 8 bridgehead atoms. The van der Waals surface area contributed by atoms with Crippen molar-refractivity contribution >= 4 is 63.2 Å². The number of hydrogen-bond donors (Lipinski definition) is 2. The van der Waals surface area contributed by atoms with Gasteiger partial charge in [0, 0.05) is 49.9 Å². The SMILES string of the molecule is O=C(Cl)c1ccc(-c2c3nc(c(-c4ccccc4)c4ccc([nH]4)c(-c4ccccc4)c4nc(c(-c5ccccc5)c5ccc2[nH]5)C=C4)C=C3)cc1. The third-order valence-electron chi connectivity index (χ3n) is 9.34. The number of benzene rings is 4. The first-order valence-corrected chi connectivity index (χ1v) is 17.1. The number of aromatic amines is 2. The Hall–Kier alpha value is -6.56. The summed E-state index contributed by atoms with van der Waals surface area (Å²) < 4.78 is 0. The molecule has 0 aliphatic carbocycles. The summed E-state index contributed by atoms with van der Waals surface area (Å²) in [5.41, 5.74) is 15.4. The molecule has 5 heterocycles. The van der Waals surface area contributed by atoms with Crippen molar-refractivity contribution in [1.82, 2.24) is 19.9 Å². The molecule has 6 heteroatoms. The number of carbonyl (C=O) groups is 1. The van der Waals surface area contributed by atoms with Crippen molar-refractivity contribution in [2.24, 2.45) is 0 Å². The summed E-state index contributed by atoms with van der Waals surface area (Å²) in [4.78, 5) is 30.1. The molecule has 0 radical (unpaired) electrons. The summed E-state index contributed by atoms with van der Waals surface area (Å²) in [5.74, 6) is 0. The lowest BCUT2D eigenvalue weighted by atomic mass is 10.0. The van der Waals surface area contributed by atoms with E-state index in [4.69, 9.17) is 21.6 Å². The molecule has 0 unspecified atom stereocenters. The number of nitrogens with zero attached hydrogens (tertiary/aromatic N) is 2. The van der Waals surface area contributed by atoms with Crippen molar-refractivity contribution in [2.75, 3.05) is 0 Å². The fourth-order valence-corrected chi connectivity index (χ4v) is 7.13. The number of fused-ring (bicyclic) bond motifs is 8. The van der Waals surface area contributed by atoms with Crippen LogP contribution in [0.1, 0.15) is 33.1 Å². The maximum atomic E-state index is 12.0. The van der Waals surface area contributed by atoms with E-state index in [0.29, 0.717) is 5.56 Å². The van der Waals surface area contributed by atoms with Crippen molar-refractivity contribution in [2.45, 2.75) is 0 Å². The van der Waals surface area contributed by atoms with Crippen LogP contribution in [0, 0.1) is 0 Å².